The standard InChI is InChI=1S/C28H24O2/c1-2-29-28-22-11-4-3-10-21(22)25-15-18(13-14-23(25)28)17-30-26-16-20-9-5-7-19-8-6-12-24(26)27(19)20/h3-15,26,28H,2,16-17H2,1H3. The van der Waals surface area contributed by atoms with Crippen molar-refractivity contribution in [3.8, 4) is 11.1 Å². The average Bonchev–Trinajstić information content (AvgIpc) is 3.30. The van der Waals surface area contributed by atoms with Gasteiger partial charge in [-0.1, -0.05) is 72.8 Å². The van der Waals surface area contributed by atoms with Crippen molar-refractivity contribution in [3.63, 3.8) is 0 Å². The number of hydrogen-bond donors (Lipinski definition) is 0. The fraction of sp³-hybridized carbons (Fsp3) is 0.214. The summed E-state index contributed by atoms with van der Waals surface area (Å²) < 4.78 is 12.5. The molecule has 0 saturated carbocycles. The lowest BCUT2D eigenvalue weighted by molar-refractivity contribution is 0.0441. The molecule has 2 heteroatoms. The van der Waals surface area contributed by atoms with E-state index in [0.29, 0.717) is 13.2 Å². The third kappa shape index (κ3) is 2.72. The fourth-order valence-corrected chi connectivity index (χ4v) is 5.18. The van der Waals surface area contributed by atoms with Gasteiger partial charge >= 0.3 is 0 Å². The van der Waals surface area contributed by atoms with Crippen molar-refractivity contribution in [2.75, 3.05) is 6.61 Å². The molecule has 0 radical (unpaired) electrons. The van der Waals surface area contributed by atoms with E-state index in [4.69, 9.17) is 9.47 Å². The Morgan fingerprint density at radius 3 is 2.47 bits per heavy atom. The zero-order chi connectivity index (χ0) is 20.1. The largest absolute Gasteiger partial charge is 0.369 e. The van der Waals surface area contributed by atoms with Gasteiger partial charge in [0.15, 0.2) is 0 Å². The van der Waals surface area contributed by atoms with Crippen LogP contribution in [0.2, 0.25) is 0 Å². The number of ether oxygens (including phenoxy) is 2. The van der Waals surface area contributed by atoms with Crippen LogP contribution in [0, 0.1) is 0 Å². The second kappa shape index (κ2) is 7.09. The van der Waals surface area contributed by atoms with E-state index in [9.17, 15) is 0 Å². The lowest BCUT2D eigenvalue weighted by Crippen LogP contribution is -2.04. The number of benzene rings is 4. The molecule has 0 aliphatic heterocycles. The van der Waals surface area contributed by atoms with Crippen molar-refractivity contribution >= 4 is 10.8 Å². The third-order valence-corrected chi connectivity index (χ3v) is 6.49. The highest BCUT2D eigenvalue weighted by molar-refractivity contribution is 5.91. The molecule has 2 aliphatic rings. The SMILES string of the molecule is CCOC1c2ccccc2-c2cc(COC3Cc4cccc5cccc3c45)ccc21. The maximum atomic E-state index is 6.45. The van der Waals surface area contributed by atoms with Gasteiger partial charge < -0.3 is 9.47 Å². The van der Waals surface area contributed by atoms with Crippen LogP contribution in [0.4, 0.5) is 0 Å². The molecule has 0 saturated heterocycles. The minimum atomic E-state index is 0.0399. The van der Waals surface area contributed by atoms with Crippen LogP contribution in [-0.4, -0.2) is 6.61 Å². The Morgan fingerprint density at radius 1 is 0.767 bits per heavy atom. The molecule has 4 aromatic carbocycles. The third-order valence-electron chi connectivity index (χ3n) is 6.49. The van der Waals surface area contributed by atoms with Crippen molar-refractivity contribution < 1.29 is 9.47 Å². The van der Waals surface area contributed by atoms with Crippen LogP contribution in [0.3, 0.4) is 0 Å². The summed E-state index contributed by atoms with van der Waals surface area (Å²) in [5.41, 5.74) is 9.03. The van der Waals surface area contributed by atoms with Gasteiger partial charge in [0.05, 0.1) is 12.7 Å². The summed E-state index contributed by atoms with van der Waals surface area (Å²) in [4.78, 5) is 0. The molecule has 2 nitrogen and oxygen atoms in total. The van der Waals surface area contributed by atoms with E-state index in [-0.39, 0.29) is 12.2 Å². The van der Waals surface area contributed by atoms with Crippen LogP contribution in [0.25, 0.3) is 21.9 Å². The molecule has 0 aromatic heterocycles. The molecule has 2 aliphatic carbocycles. The van der Waals surface area contributed by atoms with Gasteiger partial charge in [-0.3, -0.25) is 0 Å². The number of hydrogen-bond acceptors (Lipinski definition) is 2. The molecule has 0 bridgehead atoms. The van der Waals surface area contributed by atoms with Gasteiger partial charge in [-0.05, 0) is 62.7 Å². The Labute approximate surface area is 177 Å². The van der Waals surface area contributed by atoms with Crippen LogP contribution in [0.1, 0.15) is 46.9 Å². The van der Waals surface area contributed by atoms with Crippen molar-refractivity contribution in [3.05, 3.63) is 107 Å². The molecule has 0 spiro atoms. The highest BCUT2D eigenvalue weighted by Crippen LogP contribution is 2.46. The van der Waals surface area contributed by atoms with Crippen molar-refractivity contribution in [1.29, 1.82) is 0 Å². The van der Waals surface area contributed by atoms with Crippen LogP contribution in [0.15, 0.2) is 78.9 Å². The van der Waals surface area contributed by atoms with Crippen LogP contribution in [0.5, 0.6) is 0 Å². The molecule has 30 heavy (non-hydrogen) atoms. The van der Waals surface area contributed by atoms with E-state index in [0.717, 1.165) is 6.42 Å². The van der Waals surface area contributed by atoms with E-state index in [1.165, 1.54) is 49.7 Å². The molecule has 0 fully saturated rings. The first-order valence-corrected chi connectivity index (χ1v) is 10.8. The molecule has 0 N–H and O–H groups in total. The second-order valence-corrected chi connectivity index (χ2v) is 8.21. The van der Waals surface area contributed by atoms with E-state index >= 15 is 0 Å². The van der Waals surface area contributed by atoms with E-state index in [1.807, 2.05) is 0 Å². The summed E-state index contributed by atoms with van der Waals surface area (Å²) in [5.74, 6) is 0. The zero-order valence-corrected chi connectivity index (χ0v) is 17.1. The van der Waals surface area contributed by atoms with Gasteiger partial charge in [-0.15, -0.1) is 0 Å². The Hall–Kier alpha value is -2.94. The summed E-state index contributed by atoms with van der Waals surface area (Å²) in [7, 11) is 0. The van der Waals surface area contributed by atoms with Gasteiger partial charge in [0, 0.05) is 13.0 Å². The van der Waals surface area contributed by atoms with Crippen molar-refractivity contribution in [2.45, 2.75) is 32.2 Å². The van der Waals surface area contributed by atoms with Gasteiger partial charge in [0.1, 0.15) is 6.10 Å². The molecular formula is C28H24O2. The quantitative estimate of drug-likeness (QED) is 0.373. The second-order valence-electron chi connectivity index (χ2n) is 8.21. The molecule has 4 aromatic rings. The van der Waals surface area contributed by atoms with E-state index in [1.54, 1.807) is 0 Å². The van der Waals surface area contributed by atoms with Crippen LogP contribution >= 0.6 is 0 Å². The highest BCUT2D eigenvalue weighted by atomic mass is 16.5. The lowest BCUT2D eigenvalue weighted by atomic mass is 10.0. The summed E-state index contributed by atoms with van der Waals surface area (Å²) >= 11 is 0. The molecular weight excluding hydrogens is 368 g/mol. The van der Waals surface area contributed by atoms with E-state index < -0.39 is 0 Å². The predicted octanol–water partition coefficient (Wildman–Crippen LogP) is 6.76. The normalized spacial score (nSPS) is 18.6. The van der Waals surface area contributed by atoms with Gasteiger partial charge in [-0.2, -0.15) is 0 Å². The Morgan fingerprint density at radius 2 is 1.57 bits per heavy atom. The fourth-order valence-electron chi connectivity index (χ4n) is 5.18. The smallest absolute Gasteiger partial charge is 0.109 e. The first-order chi connectivity index (χ1) is 14.8. The first-order valence-electron chi connectivity index (χ1n) is 10.8. The van der Waals surface area contributed by atoms with Gasteiger partial charge in [0.2, 0.25) is 0 Å². The topological polar surface area (TPSA) is 18.5 Å². The summed E-state index contributed by atoms with van der Waals surface area (Å²) in [6, 6.07) is 28.4. The molecule has 0 amide bonds. The summed E-state index contributed by atoms with van der Waals surface area (Å²) in [6.45, 7) is 3.38. The molecule has 148 valence electrons. The minimum absolute atomic E-state index is 0.0399. The number of fused-ring (bicyclic) bond motifs is 3. The minimum Gasteiger partial charge on any atom is -0.369 e. The van der Waals surface area contributed by atoms with Crippen LogP contribution < -0.4 is 0 Å². The molecule has 2 unspecified atom stereocenters. The summed E-state index contributed by atoms with van der Waals surface area (Å²) in [5, 5.41) is 2.69. The predicted molar refractivity (Wildman–Crippen MR) is 121 cm³/mol. The zero-order valence-electron chi connectivity index (χ0n) is 17.1. The first kappa shape index (κ1) is 17.9. The van der Waals surface area contributed by atoms with Crippen molar-refractivity contribution in [1.82, 2.24) is 0 Å². The molecule has 0 heterocycles. The average molecular weight is 392 g/mol. The Balaban J connectivity index is 1.28. The van der Waals surface area contributed by atoms with Gasteiger partial charge in [-0.25, -0.2) is 0 Å². The monoisotopic (exact) mass is 392 g/mol. The summed E-state index contributed by atoms with van der Waals surface area (Å²) in [6.07, 6.45) is 1.12. The Bertz CT molecular complexity index is 1250. The van der Waals surface area contributed by atoms with E-state index in [2.05, 4.69) is 85.8 Å². The van der Waals surface area contributed by atoms with Crippen LogP contribution in [-0.2, 0) is 22.5 Å². The lowest BCUT2D eigenvalue weighted by Gasteiger charge is -2.15. The maximum Gasteiger partial charge on any atom is 0.109 e. The Kier molecular flexibility index (Phi) is 4.22. The molecule has 6 rings (SSSR count). The van der Waals surface area contributed by atoms with Crippen molar-refractivity contribution in [2.24, 2.45) is 0 Å². The number of rotatable bonds is 5. The maximum absolute atomic E-state index is 6.45. The molecule has 2 atom stereocenters. The van der Waals surface area contributed by atoms with Gasteiger partial charge in [0.25, 0.3) is 0 Å². The highest BCUT2D eigenvalue weighted by Gasteiger charge is 2.29.